The highest BCUT2D eigenvalue weighted by molar-refractivity contribution is 6.31. The number of fused-ring (bicyclic) bond motifs is 1. The molecule has 74 valence electrons. The Kier molecular flexibility index (Phi) is 2.57. The summed E-state index contributed by atoms with van der Waals surface area (Å²) in [7, 11) is 0. The summed E-state index contributed by atoms with van der Waals surface area (Å²) < 4.78 is 0. The third-order valence-corrected chi connectivity index (χ3v) is 2.75. The maximum atomic E-state index is 11.7. The first-order valence-electron chi connectivity index (χ1n) is 4.69. The summed E-state index contributed by atoms with van der Waals surface area (Å²) in [5.74, 6) is 0.0524. The fourth-order valence-corrected chi connectivity index (χ4v) is 1.91. The fourth-order valence-electron chi connectivity index (χ4n) is 1.78. The van der Waals surface area contributed by atoms with Crippen molar-refractivity contribution in [2.45, 2.75) is 24.9 Å². The molecule has 2 unspecified atom stereocenters. The van der Waals surface area contributed by atoms with Gasteiger partial charge in [0.15, 0.2) is 5.78 Å². The predicted molar refractivity (Wildman–Crippen MR) is 56.3 cm³/mol. The number of carbonyl (C=O) groups excluding carboxylic acids is 1. The minimum atomic E-state index is -0.432. The number of alkyl halides is 1. The minimum Gasteiger partial charge on any atom is -0.300 e. The molecule has 0 bridgehead atoms. The van der Waals surface area contributed by atoms with Crippen molar-refractivity contribution in [2.75, 3.05) is 0 Å². The van der Waals surface area contributed by atoms with Crippen molar-refractivity contribution < 1.29 is 4.79 Å². The van der Waals surface area contributed by atoms with E-state index in [1.165, 1.54) is 5.56 Å². The molecule has 0 spiro atoms. The summed E-state index contributed by atoms with van der Waals surface area (Å²) in [5.41, 5.74) is 2.27. The first kappa shape index (κ1) is 9.69. The molecule has 14 heavy (non-hydrogen) atoms. The summed E-state index contributed by atoms with van der Waals surface area (Å²) in [6.45, 7) is 2.47. The van der Waals surface area contributed by atoms with Crippen LogP contribution in [0.3, 0.4) is 0 Å². The molecule has 1 aliphatic rings. The average molecular weight is 210 g/mol. The lowest BCUT2D eigenvalue weighted by atomic mass is 10.0. The van der Waals surface area contributed by atoms with E-state index >= 15 is 0 Å². The van der Waals surface area contributed by atoms with Crippen LogP contribution in [0.2, 0.25) is 0 Å². The summed E-state index contributed by atoms with van der Waals surface area (Å²) in [6.07, 6.45) is 0. The number of halogens is 1. The molecular weight excluding hydrogens is 198 g/mol. The third kappa shape index (κ3) is 1.56. The second-order valence-electron chi connectivity index (χ2n) is 3.53. The standard InChI is InChI=1S/C11H12ClNO/c1-7(12)11(14)10-9-5-3-2-4-8(9)6-13-10/h2-5,7,10,13H,6H2,1H3. The molecule has 1 aromatic carbocycles. The van der Waals surface area contributed by atoms with Gasteiger partial charge >= 0.3 is 0 Å². The van der Waals surface area contributed by atoms with Crippen LogP contribution >= 0.6 is 11.6 Å². The molecule has 1 aliphatic heterocycles. The Morgan fingerprint density at radius 3 is 3.00 bits per heavy atom. The molecule has 0 fully saturated rings. The molecule has 2 atom stereocenters. The molecule has 3 heteroatoms. The second kappa shape index (κ2) is 3.71. The molecule has 2 nitrogen and oxygen atoms in total. The van der Waals surface area contributed by atoms with Crippen molar-refractivity contribution in [3.8, 4) is 0 Å². The highest BCUT2D eigenvalue weighted by Crippen LogP contribution is 2.27. The molecule has 2 rings (SSSR count). The lowest BCUT2D eigenvalue weighted by molar-refractivity contribution is -0.120. The maximum absolute atomic E-state index is 11.7. The number of rotatable bonds is 2. The molecular formula is C11H12ClNO. The van der Waals surface area contributed by atoms with Crippen LogP contribution in [0.25, 0.3) is 0 Å². The van der Waals surface area contributed by atoms with Crippen molar-refractivity contribution in [1.29, 1.82) is 0 Å². The van der Waals surface area contributed by atoms with Crippen molar-refractivity contribution in [2.24, 2.45) is 0 Å². The van der Waals surface area contributed by atoms with Crippen molar-refractivity contribution in [1.82, 2.24) is 5.32 Å². The Hall–Kier alpha value is -0.860. The lowest BCUT2D eigenvalue weighted by Gasteiger charge is -2.11. The van der Waals surface area contributed by atoms with Crippen LogP contribution in [0.5, 0.6) is 0 Å². The number of ketones is 1. The van der Waals surface area contributed by atoms with Crippen LogP contribution in [-0.2, 0) is 11.3 Å². The molecule has 1 N–H and O–H groups in total. The van der Waals surface area contributed by atoms with E-state index in [0.29, 0.717) is 0 Å². The van der Waals surface area contributed by atoms with Gasteiger partial charge in [-0.25, -0.2) is 0 Å². The number of Topliss-reactive ketones (excluding diaryl/α,β-unsaturated/α-hetero) is 1. The lowest BCUT2D eigenvalue weighted by Crippen LogP contribution is -2.27. The van der Waals surface area contributed by atoms with E-state index in [4.69, 9.17) is 11.6 Å². The van der Waals surface area contributed by atoms with E-state index in [1.54, 1.807) is 6.92 Å². The van der Waals surface area contributed by atoms with Crippen LogP contribution in [0.1, 0.15) is 24.1 Å². The largest absolute Gasteiger partial charge is 0.300 e. The monoisotopic (exact) mass is 209 g/mol. The van der Waals surface area contributed by atoms with Gasteiger partial charge in [-0.15, -0.1) is 11.6 Å². The van der Waals surface area contributed by atoms with Gasteiger partial charge in [0.1, 0.15) is 0 Å². The summed E-state index contributed by atoms with van der Waals surface area (Å²) in [5, 5.41) is 2.74. The SMILES string of the molecule is CC(Cl)C(=O)C1NCc2ccccc21. The van der Waals surface area contributed by atoms with Gasteiger partial charge in [-0.1, -0.05) is 24.3 Å². The average Bonchev–Trinajstić information content (AvgIpc) is 2.60. The highest BCUT2D eigenvalue weighted by atomic mass is 35.5. The van der Waals surface area contributed by atoms with Crippen LogP contribution in [0, 0.1) is 0 Å². The quantitative estimate of drug-likeness (QED) is 0.756. The Morgan fingerprint density at radius 2 is 2.29 bits per heavy atom. The second-order valence-corrected chi connectivity index (χ2v) is 4.19. The van der Waals surface area contributed by atoms with E-state index in [9.17, 15) is 4.79 Å². The van der Waals surface area contributed by atoms with Gasteiger partial charge in [0.25, 0.3) is 0 Å². The Balaban J connectivity index is 2.30. The predicted octanol–water partition coefficient (Wildman–Crippen LogP) is 2.03. The van der Waals surface area contributed by atoms with E-state index in [0.717, 1.165) is 12.1 Å². The van der Waals surface area contributed by atoms with E-state index < -0.39 is 5.38 Å². The van der Waals surface area contributed by atoms with Gasteiger partial charge < -0.3 is 0 Å². The number of carbonyl (C=O) groups is 1. The van der Waals surface area contributed by atoms with Crippen molar-refractivity contribution in [3.05, 3.63) is 35.4 Å². The van der Waals surface area contributed by atoms with E-state index in [2.05, 4.69) is 5.32 Å². The third-order valence-electron chi connectivity index (χ3n) is 2.54. The van der Waals surface area contributed by atoms with Crippen molar-refractivity contribution >= 4 is 17.4 Å². The number of nitrogens with one attached hydrogen (secondary N) is 1. The first-order chi connectivity index (χ1) is 6.70. The van der Waals surface area contributed by atoms with Crippen molar-refractivity contribution in [3.63, 3.8) is 0 Å². The zero-order valence-corrected chi connectivity index (χ0v) is 8.71. The summed E-state index contributed by atoms with van der Waals surface area (Å²) in [6, 6.07) is 7.74. The molecule has 0 saturated heterocycles. The Morgan fingerprint density at radius 1 is 1.57 bits per heavy atom. The molecule has 0 amide bonds. The van der Waals surface area contributed by atoms with Crippen LogP contribution in [0.4, 0.5) is 0 Å². The Labute approximate surface area is 88.3 Å². The van der Waals surface area contributed by atoms with Gasteiger partial charge in [0, 0.05) is 6.54 Å². The first-order valence-corrected chi connectivity index (χ1v) is 5.13. The highest BCUT2D eigenvalue weighted by Gasteiger charge is 2.29. The maximum Gasteiger partial charge on any atom is 0.171 e. The number of benzene rings is 1. The zero-order valence-electron chi connectivity index (χ0n) is 7.96. The Bertz CT molecular complexity index is 362. The summed E-state index contributed by atoms with van der Waals surface area (Å²) >= 11 is 5.79. The van der Waals surface area contributed by atoms with Gasteiger partial charge in [-0.05, 0) is 18.1 Å². The van der Waals surface area contributed by atoms with Gasteiger partial charge in [0.2, 0.25) is 0 Å². The topological polar surface area (TPSA) is 29.1 Å². The van der Waals surface area contributed by atoms with Crippen LogP contribution < -0.4 is 5.32 Å². The minimum absolute atomic E-state index is 0.0524. The molecule has 0 aromatic heterocycles. The van der Waals surface area contributed by atoms with E-state index in [1.807, 2.05) is 24.3 Å². The zero-order chi connectivity index (χ0) is 10.1. The smallest absolute Gasteiger partial charge is 0.171 e. The van der Waals surface area contributed by atoms with E-state index in [-0.39, 0.29) is 11.8 Å². The molecule has 1 heterocycles. The summed E-state index contributed by atoms with van der Waals surface area (Å²) in [4.78, 5) is 11.7. The fraction of sp³-hybridized carbons (Fsp3) is 0.364. The normalized spacial score (nSPS) is 21.7. The molecule has 0 radical (unpaired) electrons. The molecule has 1 aromatic rings. The molecule has 0 saturated carbocycles. The van der Waals surface area contributed by atoms with Gasteiger partial charge in [0.05, 0.1) is 11.4 Å². The van der Waals surface area contributed by atoms with Crippen LogP contribution in [-0.4, -0.2) is 11.2 Å². The van der Waals surface area contributed by atoms with Gasteiger partial charge in [-0.3, -0.25) is 10.1 Å². The number of hydrogen-bond acceptors (Lipinski definition) is 2. The van der Waals surface area contributed by atoms with Gasteiger partial charge in [-0.2, -0.15) is 0 Å². The molecule has 0 aliphatic carbocycles. The van der Waals surface area contributed by atoms with Crippen LogP contribution in [0.15, 0.2) is 24.3 Å². The number of hydrogen-bond donors (Lipinski definition) is 1.